The molecule has 2 atom stereocenters. The lowest BCUT2D eigenvalue weighted by molar-refractivity contribution is -0.416. The maximum atomic E-state index is 12.6. The molecule has 3 amide bonds. The molecule has 2 rings (SSSR count). The summed E-state index contributed by atoms with van der Waals surface area (Å²) in [6, 6.07) is 6.80. The van der Waals surface area contributed by atoms with Crippen LogP contribution in [0.2, 0.25) is 0 Å². The van der Waals surface area contributed by atoms with Gasteiger partial charge >= 0.3 is 0 Å². The summed E-state index contributed by atoms with van der Waals surface area (Å²) in [5.41, 5.74) is 5.87. The molecule has 1 fully saturated rings. The second kappa shape index (κ2) is 10.4. The predicted molar refractivity (Wildman–Crippen MR) is 113 cm³/mol. The van der Waals surface area contributed by atoms with E-state index in [9.17, 15) is 14.4 Å². The highest BCUT2D eigenvalue weighted by atomic mass is 16.2. The van der Waals surface area contributed by atoms with Gasteiger partial charge in [-0.05, 0) is 43.9 Å². The monoisotopic (exact) mass is 403 g/mol. The lowest BCUT2D eigenvalue weighted by Crippen LogP contribution is -2.70. The summed E-state index contributed by atoms with van der Waals surface area (Å²) in [4.78, 5) is 39.2. The molecule has 160 valence electrons. The molecule has 0 bridgehead atoms. The zero-order valence-corrected chi connectivity index (χ0v) is 18.0. The first kappa shape index (κ1) is 22.9. The molecule has 0 radical (unpaired) electrons. The van der Waals surface area contributed by atoms with Crippen molar-refractivity contribution in [1.82, 2.24) is 10.2 Å². The van der Waals surface area contributed by atoms with Crippen molar-refractivity contribution in [3.05, 3.63) is 29.8 Å². The van der Waals surface area contributed by atoms with Gasteiger partial charge in [0.2, 0.25) is 11.8 Å². The largest absolute Gasteiger partial charge is 0.347 e. The number of quaternary nitrogens is 1. The molecule has 0 saturated carbocycles. The highest BCUT2D eigenvalue weighted by Gasteiger charge is 2.32. The molecule has 1 aliphatic rings. The standard InChI is InChI=1S/C22H34N4O3/c1-5-16-6-8-18(9-7-16)25-20(27)15(4)24-21(28)17-10-12-26(13-11-17)22(29)19(23)14(2)3/h6-9,14-15,17,19H,5,10-13,23H2,1-4H3,(H,24,28)(H,25,27)/p+1/t15-,19-/m0/s1. The number of amides is 3. The third-order valence-electron chi connectivity index (χ3n) is 5.68. The highest BCUT2D eigenvalue weighted by molar-refractivity contribution is 5.97. The van der Waals surface area contributed by atoms with E-state index >= 15 is 0 Å². The molecule has 0 aromatic heterocycles. The number of anilines is 1. The predicted octanol–water partition coefficient (Wildman–Crippen LogP) is 1.20. The van der Waals surface area contributed by atoms with Gasteiger partial charge in [0.05, 0.1) is 0 Å². The Balaban J connectivity index is 1.80. The second-order valence-corrected chi connectivity index (χ2v) is 8.22. The number of nitrogens with one attached hydrogen (secondary N) is 2. The zero-order chi connectivity index (χ0) is 21.6. The fourth-order valence-electron chi connectivity index (χ4n) is 3.35. The molecular weight excluding hydrogens is 368 g/mol. The Bertz CT molecular complexity index is 709. The molecule has 1 aliphatic heterocycles. The third-order valence-corrected chi connectivity index (χ3v) is 5.68. The lowest BCUT2D eigenvalue weighted by Gasteiger charge is -2.33. The number of piperidine rings is 1. The molecule has 1 saturated heterocycles. The van der Waals surface area contributed by atoms with E-state index in [-0.39, 0.29) is 35.6 Å². The van der Waals surface area contributed by atoms with Crippen LogP contribution in [0, 0.1) is 11.8 Å². The fraction of sp³-hybridized carbons (Fsp3) is 0.591. The van der Waals surface area contributed by atoms with Gasteiger partial charge in [-0.1, -0.05) is 32.9 Å². The number of nitrogens with zero attached hydrogens (tertiary/aromatic N) is 1. The van der Waals surface area contributed by atoms with Crippen LogP contribution < -0.4 is 16.4 Å². The van der Waals surface area contributed by atoms with Gasteiger partial charge in [-0.3, -0.25) is 14.4 Å². The fourth-order valence-corrected chi connectivity index (χ4v) is 3.35. The Morgan fingerprint density at radius 2 is 1.69 bits per heavy atom. The van der Waals surface area contributed by atoms with E-state index in [1.807, 2.05) is 38.1 Å². The van der Waals surface area contributed by atoms with E-state index in [2.05, 4.69) is 23.3 Å². The van der Waals surface area contributed by atoms with Gasteiger partial charge in [-0.15, -0.1) is 0 Å². The third kappa shape index (κ3) is 6.29. The minimum Gasteiger partial charge on any atom is -0.347 e. The van der Waals surface area contributed by atoms with Crippen LogP contribution in [0.15, 0.2) is 24.3 Å². The van der Waals surface area contributed by atoms with E-state index in [1.54, 1.807) is 11.8 Å². The zero-order valence-electron chi connectivity index (χ0n) is 18.0. The molecule has 1 aromatic carbocycles. The number of likely N-dealkylation sites (tertiary alicyclic amines) is 1. The van der Waals surface area contributed by atoms with E-state index in [4.69, 9.17) is 0 Å². The van der Waals surface area contributed by atoms with E-state index in [0.717, 1.165) is 6.42 Å². The van der Waals surface area contributed by atoms with Crippen LogP contribution in [0.4, 0.5) is 5.69 Å². The van der Waals surface area contributed by atoms with Gasteiger partial charge in [0, 0.05) is 30.6 Å². The van der Waals surface area contributed by atoms with Crippen molar-refractivity contribution in [1.29, 1.82) is 0 Å². The van der Waals surface area contributed by atoms with Crippen LogP contribution in [-0.4, -0.2) is 47.8 Å². The normalized spacial score (nSPS) is 17.0. The topological polar surface area (TPSA) is 106 Å². The Labute approximate surface area is 173 Å². The van der Waals surface area contributed by atoms with Gasteiger partial charge < -0.3 is 21.3 Å². The minimum absolute atomic E-state index is 0.0562. The summed E-state index contributed by atoms with van der Waals surface area (Å²) >= 11 is 0. The van der Waals surface area contributed by atoms with Crippen molar-refractivity contribution in [2.75, 3.05) is 18.4 Å². The highest BCUT2D eigenvalue weighted by Crippen LogP contribution is 2.19. The molecule has 7 nitrogen and oxygen atoms in total. The molecule has 0 unspecified atom stereocenters. The molecular formula is C22H35N4O3+. The number of carbonyl (C=O) groups excluding carboxylic acids is 3. The first-order chi connectivity index (χ1) is 13.7. The van der Waals surface area contributed by atoms with Crippen molar-refractivity contribution in [2.45, 2.75) is 59.0 Å². The maximum Gasteiger partial charge on any atom is 0.280 e. The molecule has 29 heavy (non-hydrogen) atoms. The molecule has 1 aromatic rings. The number of hydrogen-bond donors (Lipinski definition) is 3. The average Bonchev–Trinajstić information content (AvgIpc) is 2.73. The van der Waals surface area contributed by atoms with Gasteiger partial charge in [-0.25, -0.2) is 0 Å². The number of aryl methyl sites for hydroxylation is 1. The second-order valence-electron chi connectivity index (χ2n) is 8.22. The Morgan fingerprint density at radius 3 is 2.21 bits per heavy atom. The maximum absolute atomic E-state index is 12.6. The minimum atomic E-state index is -0.627. The van der Waals surface area contributed by atoms with Crippen molar-refractivity contribution < 1.29 is 20.1 Å². The van der Waals surface area contributed by atoms with Crippen LogP contribution in [0.1, 0.15) is 46.1 Å². The van der Waals surface area contributed by atoms with Crippen LogP contribution in [0.25, 0.3) is 0 Å². The summed E-state index contributed by atoms with van der Waals surface area (Å²) in [5, 5.41) is 5.64. The first-order valence-electron chi connectivity index (χ1n) is 10.5. The van der Waals surface area contributed by atoms with Gasteiger partial charge in [0.25, 0.3) is 5.91 Å². The number of hydrogen-bond acceptors (Lipinski definition) is 3. The summed E-state index contributed by atoms with van der Waals surface area (Å²) < 4.78 is 0. The summed E-state index contributed by atoms with van der Waals surface area (Å²) in [7, 11) is 0. The molecule has 7 heteroatoms. The van der Waals surface area contributed by atoms with Crippen LogP contribution in [0.5, 0.6) is 0 Å². The van der Waals surface area contributed by atoms with Crippen molar-refractivity contribution in [2.24, 2.45) is 11.8 Å². The Hall–Kier alpha value is -2.41. The van der Waals surface area contributed by atoms with Gasteiger partial charge in [0.1, 0.15) is 6.04 Å². The number of carbonyl (C=O) groups is 3. The van der Waals surface area contributed by atoms with Crippen molar-refractivity contribution in [3.63, 3.8) is 0 Å². The average molecular weight is 404 g/mol. The quantitative estimate of drug-likeness (QED) is 0.637. The molecule has 0 aliphatic carbocycles. The van der Waals surface area contributed by atoms with E-state index in [1.165, 1.54) is 5.56 Å². The van der Waals surface area contributed by atoms with Crippen LogP contribution in [0.3, 0.4) is 0 Å². The lowest BCUT2D eigenvalue weighted by atomic mass is 9.94. The molecule has 0 spiro atoms. The molecule has 1 heterocycles. The SMILES string of the molecule is CCc1ccc(NC(=O)[C@H](C)NC(=O)C2CCN(C(=O)[C@@H]([NH3+])C(C)C)CC2)cc1. The number of rotatable bonds is 7. The van der Waals surface area contributed by atoms with Gasteiger partial charge in [0.15, 0.2) is 6.04 Å². The smallest absolute Gasteiger partial charge is 0.280 e. The first-order valence-corrected chi connectivity index (χ1v) is 10.5. The van der Waals surface area contributed by atoms with Crippen LogP contribution in [-0.2, 0) is 20.8 Å². The molecule has 5 N–H and O–H groups in total. The summed E-state index contributed by atoms with van der Waals surface area (Å²) in [6.07, 6.45) is 2.16. The van der Waals surface area contributed by atoms with Crippen LogP contribution >= 0.6 is 0 Å². The number of benzene rings is 1. The Kier molecular flexibility index (Phi) is 8.20. The summed E-state index contributed by atoms with van der Waals surface area (Å²) in [5.74, 6) is -0.301. The van der Waals surface area contributed by atoms with Gasteiger partial charge in [-0.2, -0.15) is 0 Å². The van der Waals surface area contributed by atoms with E-state index < -0.39 is 6.04 Å². The summed E-state index contributed by atoms with van der Waals surface area (Å²) in [6.45, 7) is 8.84. The Morgan fingerprint density at radius 1 is 1.10 bits per heavy atom. The van der Waals surface area contributed by atoms with Crippen molar-refractivity contribution in [3.8, 4) is 0 Å². The van der Waals surface area contributed by atoms with E-state index in [0.29, 0.717) is 31.6 Å². The van der Waals surface area contributed by atoms with Crippen molar-refractivity contribution >= 4 is 23.4 Å².